The normalized spacial score (nSPS) is 16.8. The number of carbonyl (C=O) groups excluding carboxylic acids is 1. The summed E-state index contributed by atoms with van der Waals surface area (Å²) in [7, 11) is 0. The summed E-state index contributed by atoms with van der Waals surface area (Å²) in [6, 6.07) is 3.77. The second-order valence-corrected chi connectivity index (χ2v) is 9.98. The first-order valence-corrected chi connectivity index (χ1v) is 12.6. The summed E-state index contributed by atoms with van der Waals surface area (Å²) in [5, 5.41) is 17.4. The van der Waals surface area contributed by atoms with E-state index in [0.29, 0.717) is 49.9 Å². The van der Waals surface area contributed by atoms with Crippen molar-refractivity contribution in [1.29, 1.82) is 0 Å². The first-order chi connectivity index (χ1) is 17.7. The lowest BCUT2D eigenvalue weighted by Crippen LogP contribution is -2.43. The van der Waals surface area contributed by atoms with Gasteiger partial charge in [0.05, 0.1) is 53.7 Å². The van der Waals surface area contributed by atoms with Gasteiger partial charge >= 0.3 is 5.69 Å². The Hall–Kier alpha value is -3.11. The van der Waals surface area contributed by atoms with E-state index in [1.807, 2.05) is 0 Å². The predicted octanol–water partition coefficient (Wildman–Crippen LogP) is 0.950. The zero-order valence-corrected chi connectivity index (χ0v) is 22.0. The number of aryl methyl sites for hydroxylation is 1. The Morgan fingerprint density at radius 1 is 1.24 bits per heavy atom. The summed E-state index contributed by atoms with van der Waals surface area (Å²) in [5.41, 5.74) is -1.68. The van der Waals surface area contributed by atoms with Crippen LogP contribution in [0.3, 0.4) is 0 Å². The summed E-state index contributed by atoms with van der Waals surface area (Å²) < 4.78 is 29.0. The van der Waals surface area contributed by atoms with Crippen LogP contribution in [-0.4, -0.2) is 59.6 Å². The van der Waals surface area contributed by atoms with Gasteiger partial charge in [-0.15, -0.1) is 5.10 Å². The Morgan fingerprint density at radius 3 is 2.70 bits per heavy atom. The average molecular weight is 626 g/mol. The molecule has 196 valence electrons. The zero-order valence-electron chi connectivity index (χ0n) is 19.9. The number of nitrogens with one attached hydrogen (secondary N) is 1. The minimum absolute atomic E-state index is 0.143. The molecule has 2 aromatic heterocycles. The van der Waals surface area contributed by atoms with Crippen molar-refractivity contribution in [3.8, 4) is 11.4 Å². The van der Waals surface area contributed by atoms with Gasteiger partial charge in [0.25, 0.3) is 11.5 Å². The maximum absolute atomic E-state index is 14.1. The quantitative estimate of drug-likeness (QED) is 0.408. The molecule has 14 heteroatoms. The highest BCUT2D eigenvalue weighted by Gasteiger charge is 2.41. The first kappa shape index (κ1) is 25.5. The monoisotopic (exact) mass is 626 g/mol. The van der Waals surface area contributed by atoms with E-state index < -0.39 is 39.8 Å². The molecule has 0 bridgehead atoms. The molecule has 12 nitrogen and oxygen atoms in total. The largest absolute Gasteiger partial charge is 0.501 e. The van der Waals surface area contributed by atoms with Crippen LogP contribution in [-0.2, 0) is 28.0 Å². The number of fused-ring (bicyclic) bond motifs is 2. The van der Waals surface area contributed by atoms with Crippen LogP contribution in [0.15, 0.2) is 27.8 Å². The minimum atomic E-state index is -0.788. The lowest BCUT2D eigenvalue weighted by molar-refractivity contribution is 0.00413. The molecule has 2 aliphatic rings. The second-order valence-electron chi connectivity index (χ2n) is 9.01. The summed E-state index contributed by atoms with van der Waals surface area (Å²) in [6.45, 7) is 3.21. The molecular formula is C23H24FIN6O6. The van der Waals surface area contributed by atoms with Gasteiger partial charge in [0.1, 0.15) is 17.5 Å². The Kier molecular flexibility index (Phi) is 6.89. The van der Waals surface area contributed by atoms with Crippen LogP contribution in [0.4, 0.5) is 4.39 Å². The molecule has 2 N–H and O–H groups in total. The minimum Gasteiger partial charge on any atom is -0.501 e. The fourth-order valence-corrected chi connectivity index (χ4v) is 4.98. The van der Waals surface area contributed by atoms with Crippen molar-refractivity contribution in [2.45, 2.75) is 38.3 Å². The number of halogens is 2. The van der Waals surface area contributed by atoms with Crippen molar-refractivity contribution in [1.82, 2.24) is 27.4 Å². The number of rotatable bonds is 4. The summed E-state index contributed by atoms with van der Waals surface area (Å²) in [5.74, 6) is -1.34. The number of carbonyl (C=O) groups is 1. The highest BCUT2D eigenvalue weighted by Crippen LogP contribution is 2.35. The highest BCUT2D eigenvalue weighted by molar-refractivity contribution is 14.1. The van der Waals surface area contributed by atoms with Gasteiger partial charge in [-0.05, 0) is 31.4 Å². The van der Waals surface area contributed by atoms with E-state index in [1.54, 1.807) is 29.8 Å². The molecule has 0 aliphatic carbocycles. The summed E-state index contributed by atoms with van der Waals surface area (Å²) in [4.78, 5) is 43.3. The van der Waals surface area contributed by atoms with Gasteiger partial charge in [-0.3, -0.25) is 14.2 Å². The Balaban J connectivity index is 1.48. The van der Waals surface area contributed by atoms with Crippen LogP contribution >= 0.6 is 22.9 Å². The van der Waals surface area contributed by atoms with Crippen molar-refractivity contribution < 1.29 is 23.8 Å². The fraction of sp³-hybridized carbons (Fsp3) is 0.435. The van der Waals surface area contributed by atoms with E-state index in [9.17, 15) is 23.9 Å². The van der Waals surface area contributed by atoms with Gasteiger partial charge in [-0.2, -0.15) is 4.68 Å². The standard InChI is InChI=1S/C23H24FIN6O6/c1-13-28-31(22(35)30(13)25)16-10-15(24)3-2-14(16)11-26-19(33)17-18(32)20(34)29-6-9-37-12-23(21(29)27-17)4-7-36-8-5-23/h2-3,10,32H,4-9,11-12H2,1H3,(H,26,33). The number of ether oxygens (including phenoxy) is 2. The van der Waals surface area contributed by atoms with Crippen LogP contribution in [0.2, 0.25) is 0 Å². The van der Waals surface area contributed by atoms with E-state index in [4.69, 9.17) is 9.47 Å². The molecular weight excluding hydrogens is 602 g/mol. The van der Waals surface area contributed by atoms with Gasteiger partial charge in [0.2, 0.25) is 5.75 Å². The third kappa shape index (κ3) is 4.57. The van der Waals surface area contributed by atoms with Crippen LogP contribution in [0.25, 0.3) is 5.69 Å². The van der Waals surface area contributed by atoms with E-state index in [-0.39, 0.29) is 25.4 Å². The SMILES string of the molecule is Cc1nn(-c2cc(F)ccc2CNC(=O)c2nc3n(c(=O)c2O)CCOCC32CCOCC2)c(=O)n1I. The smallest absolute Gasteiger partial charge is 0.359 e. The van der Waals surface area contributed by atoms with Crippen LogP contribution < -0.4 is 16.6 Å². The topological polar surface area (TPSA) is 143 Å². The molecule has 1 spiro atoms. The molecule has 1 fully saturated rings. The van der Waals surface area contributed by atoms with Gasteiger partial charge in [0, 0.05) is 25.8 Å². The van der Waals surface area contributed by atoms with Gasteiger partial charge in [-0.25, -0.2) is 16.9 Å². The molecule has 0 unspecified atom stereocenters. The molecule has 0 radical (unpaired) electrons. The maximum Gasteiger partial charge on any atom is 0.359 e. The zero-order chi connectivity index (χ0) is 26.3. The van der Waals surface area contributed by atoms with Crippen LogP contribution in [0.5, 0.6) is 5.75 Å². The average Bonchev–Trinajstić information content (AvgIpc) is 3.04. The Morgan fingerprint density at radius 2 is 2.00 bits per heavy atom. The van der Waals surface area contributed by atoms with Gasteiger partial charge < -0.3 is 19.9 Å². The van der Waals surface area contributed by atoms with E-state index in [0.717, 1.165) is 10.7 Å². The van der Waals surface area contributed by atoms with E-state index in [1.165, 1.54) is 19.5 Å². The lowest BCUT2D eigenvalue weighted by Gasteiger charge is -2.35. The van der Waals surface area contributed by atoms with Crippen molar-refractivity contribution in [3.63, 3.8) is 0 Å². The van der Waals surface area contributed by atoms with E-state index in [2.05, 4.69) is 15.4 Å². The Labute approximate surface area is 223 Å². The number of aromatic nitrogens is 5. The highest BCUT2D eigenvalue weighted by atomic mass is 127. The maximum atomic E-state index is 14.1. The number of aromatic hydroxyl groups is 1. The molecule has 37 heavy (non-hydrogen) atoms. The molecule has 1 saturated heterocycles. The molecule has 2 aliphatic heterocycles. The molecule has 1 aromatic carbocycles. The number of nitrogens with zero attached hydrogens (tertiary/aromatic N) is 5. The van der Waals surface area contributed by atoms with Crippen LogP contribution in [0, 0.1) is 12.7 Å². The van der Waals surface area contributed by atoms with Crippen LogP contribution in [0.1, 0.15) is 40.5 Å². The number of hydrogen-bond donors (Lipinski definition) is 2. The van der Waals surface area contributed by atoms with Crippen molar-refractivity contribution in [3.05, 3.63) is 67.8 Å². The first-order valence-electron chi connectivity index (χ1n) is 11.6. The van der Waals surface area contributed by atoms with Crippen molar-refractivity contribution in [2.24, 2.45) is 0 Å². The molecule has 3 aromatic rings. The second kappa shape index (κ2) is 9.98. The third-order valence-electron chi connectivity index (χ3n) is 6.72. The summed E-state index contributed by atoms with van der Waals surface area (Å²) >= 11 is 1.79. The van der Waals surface area contributed by atoms with Crippen molar-refractivity contribution >= 4 is 28.8 Å². The van der Waals surface area contributed by atoms with E-state index >= 15 is 0 Å². The summed E-state index contributed by atoms with van der Waals surface area (Å²) in [6.07, 6.45) is 1.11. The number of benzene rings is 1. The molecule has 1 amide bonds. The molecule has 0 saturated carbocycles. The predicted molar refractivity (Wildman–Crippen MR) is 136 cm³/mol. The fourth-order valence-electron chi connectivity index (χ4n) is 4.68. The molecule has 5 rings (SSSR count). The van der Waals surface area contributed by atoms with Gasteiger partial charge in [0.15, 0.2) is 5.69 Å². The van der Waals surface area contributed by atoms with Gasteiger partial charge in [-0.1, -0.05) is 6.07 Å². The number of amides is 1. The van der Waals surface area contributed by atoms with Crippen molar-refractivity contribution in [2.75, 3.05) is 26.4 Å². The third-order valence-corrected chi connectivity index (χ3v) is 7.83. The Bertz CT molecular complexity index is 1490. The molecule has 0 atom stereocenters. The lowest BCUT2D eigenvalue weighted by atomic mass is 9.80. The number of hydrogen-bond acceptors (Lipinski definition) is 8. The molecule has 4 heterocycles.